The Morgan fingerprint density at radius 2 is 1.84 bits per heavy atom. The Balaban J connectivity index is 0.00000324. The minimum absolute atomic E-state index is 0. The molecular formula is C15H25ClN2O. The highest BCUT2D eigenvalue weighted by molar-refractivity contribution is 5.85. The molecule has 0 spiro atoms. The number of nitrogens with zero attached hydrogens (tertiary/aromatic N) is 1. The quantitative estimate of drug-likeness (QED) is 0.873. The highest BCUT2D eigenvalue weighted by Gasteiger charge is 2.23. The second-order valence-electron chi connectivity index (χ2n) is 4.75. The van der Waals surface area contributed by atoms with Crippen LogP contribution < -0.4 is 5.73 Å². The number of carbonyl (C=O) groups excluding carboxylic acids is 1. The lowest BCUT2D eigenvalue weighted by atomic mass is 9.98. The minimum atomic E-state index is -0.390. The molecule has 1 rings (SSSR count). The molecule has 2 unspecified atom stereocenters. The van der Waals surface area contributed by atoms with Crippen molar-refractivity contribution in [3.05, 3.63) is 35.9 Å². The third-order valence-electron chi connectivity index (χ3n) is 3.45. The first kappa shape index (κ1) is 17.9. The van der Waals surface area contributed by atoms with Crippen molar-refractivity contribution in [2.24, 2.45) is 11.7 Å². The summed E-state index contributed by atoms with van der Waals surface area (Å²) in [6.07, 6.45) is 0.926. The van der Waals surface area contributed by atoms with E-state index in [0.29, 0.717) is 13.1 Å². The fourth-order valence-corrected chi connectivity index (χ4v) is 1.86. The van der Waals surface area contributed by atoms with E-state index in [1.165, 1.54) is 0 Å². The van der Waals surface area contributed by atoms with E-state index in [9.17, 15) is 4.79 Å². The number of hydrogen-bond donors (Lipinski definition) is 1. The molecule has 0 bridgehead atoms. The molecule has 0 aromatic heterocycles. The van der Waals surface area contributed by atoms with Crippen molar-refractivity contribution in [1.29, 1.82) is 0 Å². The molecule has 0 aliphatic rings. The van der Waals surface area contributed by atoms with Gasteiger partial charge in [0.2, 0.25) is 5.91 Å². The molecule has 0 aliphatic carbocycles. The summed E-state index contributed by atoms with van der Waals surface area (Å²) in [4.78, 5) is 14.1. The Kier molecular flexibility index (Phi) is 8.44. The smallest absolute Gasteiger partial charge is 0.240 e. The summed E-state index contributed by atoms with van der Waals surface area (Å²) in [5.74, 6) is 0.276. The van der Waals surface area contributed by atoms with Crippen molar-refractivity contribution in [1.82, 2.24) is 4.90 Å². The third-order valence-corrected chi connectivity index (χ3v) is 3.45. The molecule has 0 saturated carbocycles. The van der Waals surface area contributed by atoms with E-state index in [-0.39, 0.29) is 24.2 Å². The number of rotatable bonds is 6. The van der Waals surface area contributed by atoms with E-state index < -0.39 is 6.04 Å². The average Bonchev–Trinajstić information content (AvgIpc) is 2.43. The molecule has 1 aromatic rings. The maximum Gasteiger partial charge on any atom is 0.240 e. The number of hydrogen-bond acceptors (Lipinski definition) is 2. The summed E-state index contributed by atoms with van der Waals surface area (Å²) in [5, 5.41) is 0. The van der Waals surface area contributed by atoms with Crippen LogP contribution in [0.5, 0.6) is 0 Å². The van der Waals surface area contributed by atoms with Gasteiger partial charge in [-0.3, -0.25) is 4.79 Å². The van der Waals surface area contributed by atoms with Crippen LogP contribution in [0.1, 0.15) is 32.8 Å². The molecule has 0 aliphatic heterocycles. The molecule has 2 N–H and O–H groups in total. The van der Waals surface area contributed by atoms with Gasteiger partial charge in [0.1, 0.15) is 0 Å². The summed E-state index contributed by atoms with van der Waals surface area (Å²) in [6, 6.07) is 9.63. The number of carbonyl (C=O) groups is 1. The van der Waals surface area contributed by atoms with Gasteiger partial charge in [-0.05, 0) is 18.4 Å². The Bertz CT molecular complexity index is 370. The topological polar surface area (TPSA) is 46.3 Å². The van der Waals surface area contributed by atoms with Crippen LogP contribution in [0.3, 0.4) is 0 Å². The number of amides is 1. The van der Waals surface area contributed by atoms with Gasteiger partial charge < -0.3 is 10.6 Å². The summed E-state index contributed by atoms with van der Waals surface area (Å²) < 4.78 is 0. The van der Waals surface area contributed by atoms with Crippen LogP contribution in [0.25, 0.3) is 0 Å². The number of likely N-dealkylation sites (N-methyl/N-ethyl adjacent to an activating group) is 1. The zero-order valence-corrected chi connectivity index (χ0v) is 12.8. The van der Waals surface area contributed by atoms with Gasteiger partial charge >= 0.3 is 0 Å². The standard InChI is InChI=1S/C15H24N2O.ClH/c1-4-12(3)14(16)15(18)17(5-2)11-13-9-7-6-8-10-13;/h6-10,12,14H,4-5,11,16H2,1-3H3;1H. The van der Waals surface area contributed by atoms with Crippen molar-refractivity contribution in [2.75, 3.05) is 6.54 Å². The molecule has 0 fully saturated rings. The second kappa shape index (κ2) is 8.94. The molecule has 4 heteroatoms. The van der Waals surface area contributed by atoms with Crippen molar-refractivity contribution in [3.8, 4) is 0 Å². The third kappa shape index (κ3) is 5.21. The summed E-state index contributed by atoms with van der Waals surface area (Å²) >= 11 is 0. The van der Waals surface area contributed by atoms with Crippen LogP contribution in [-0.4, -0.2) is 23.4 Å². The molecule has 0 radical (unpaired) electrons. The van der Waals surface area contributed by atoms with Crippen LogP contribution in [0, 0.1) is 5.92 Å². The predicted molar refractivity (Wildman–Crippen MR) is 82.2 cm³/mol. The highest BCUT2D eigenvalue weighted by Crippen LogP contribution is 2.11. The molecular weight excluding hydrogens is 260 g/mol. The second-order valence-corrected chi connectivity index (χ2v) is 4.75. The van der Waals surface area contributed by atoms with Crippen LogP contribution in [-0.2, 0) is 11.3 Å². The summed E-state index contributed by atoms with van der Waals surface area (Å²) in [5.41, 5.74) is 7.15. The van der Waals surface area contributed by atoms with Gasteiger partial charge in [0.25, 0.3) is 0 Å². The first-order valence-electron chi connectivity index (χ1n) is 6.68. The first-order chi connectivity index (χ1) is 8.60. The van der Waals surface area contributed by atoms with Gasteiger partial charge in [-0.25, -0.2) is 0 Å². The van der Waals surface area contributed by atoms with E-state index in [2.05, 4.69) is 6.92 Å². The Labute approximate surface area is 122 Å². The predicted octanol–water partition coefficient (Wildman–Crippen LogP) is 2.83. The number of nitrogens with two attached hydrogens (primary N) is 1. The normalized spacial score (nSPS) is 13.3. The Morgan fingerprint density at radius 1 is 1.26 bits per heavy atom. The summed E-state index contributed by atoms with van der Waals surface area (Å²) in [6.45, 7) is 7.41. The molecule has 19 heavy (non-hydrogen) atoms. The maximum atomic E-state index is 12.3. The zero-order chi connectivity index (χ0) is 13.5. The van der Waals surface area contributed by atoms with Crippen LogP contribution >= 0.6 is 12.4 Å². The molecule has 0 heterocycles. The Morgan fingerprint density at radius 3 is 2.32 bits per heavy atom. The monoisotopic (exact) mass is 284 g/mol. The van der Waals surface area contributed by atoms with E-state index >= 15 is 0 Å². The van der Waals surface area contributed by atoms with Crippen LogP contribution in [0.4, 0.5) is 0 Å². The summed E-state index contributed by atoms with van der Waals surface area (Å²) in [7, 11) is 0. The van der Waals surface area contributed by atoms with Gasteiger partial charge in [0.05, 0.1) is 6.04 Å². The molecule has 2 atom stereocenters. The van der Waals surface area contributed by atoms with E-state index in [0.717, 1.165) is 12.0 Å². The first-order valence-corrected chi connectivity index (χ1v) is 6.68. The maximum absolute atomic E-state index is 12.3. The van der Waals surface area contributed by atoms with Crippen molar-refractivity contribution in [2.45, 2.75) is 39.8 Å². The van der Waals surface area contributed by atoms with E-state index in [1.807, 2.05) is 49.1 Å². The molecule has 0 saturated heterocycles. The van der Waals surface area contributed by atoms with Gasteiger partial charge in [-0.1, -0.05) is 50.6 Å². The molecule has 3 nitrogen and oxygen atoms in total. The SMILES string of the molecule is CCC(C)C(N)C(=O)N(CC)Cc1ccccc1.Cl. The zero-order valence-electron chi connectivity index (χ0n) is 12.0. The van der Waals surface area contributed by atoms with Crippen LogP contribution in [0.15, 0.2) is 30.3 Å². The van der Waals surface area contributed by atoms with E-state index in [4.69, 9.17) is 5.73 Å². The fraction of sp³-hybridized carbons (Fsp3) is 0.533. The van der Waals surface area contributed by atoms with Crippen LogP contribution in [0.2, 0.25) is 0 Å². The number of benzene rings is 1. The lowest BCUT2D eigenvalue weighted by molar-refractivity contribution is -0.134. The molecule has 1 amide bonds. The van der Waals surface area contributed by atoms with Gasteiger partial charge in [0.15, 0.2) is 0 Å². The van der Waals surface area contributed by atoms with Gasteiger partial charge in [-0.2, -0.15) is 0 Å². The average molecular weight is 285 g/mol. The lowest BCUT2D eigenvalue weighted by Crippen LogP contribution is -2.46. The fourth-order valence-electron chi connectivity index (χ4n) is 1.86. The minimum Gasteiger partial charge on any atom is -0.337 e. The van der Waals surface area contributed by atoms with E-state index in [1.54, 1.807) is 0 Å². The molecule has 1 aromatic carbocycles. The lowest BCUT2D eigenvalue weighted by Gasteiger charge is -2.27. The molecule has 108 valence electrons. The van der Waals surface area contributed by atoms with Gasteiger partial charge in [-0.15, -0.1) is 12.4 Å². The highest BCUT2D eigenvalue weighted by atomic mass is 35.5. The van der Waals surface area contributed by atoms with Crippen molar-refractivity contribution >= 4 is 18.3 Å². The Hall–Kier alpha value is -1.06. The largest absolute Gasteiger partial charge is 0.337 e. The number of halogens is 1. The van der Waals surface area contributed by atoms with Gasteiger partial charge in [0, 0.05) is 13.1 Å². The van der Waals surface area contributed by atoms with Crippen molar-refractivity contribution < 1.29 is 4.79 Å². The van der Waals surface area contributed by atoms with Crippen molar-refractivity contribution in [3.63, 3.8) is 0 Å².